The van der Waals surface area contributed by atoms with Crippen molar-refractivity contribution in [3.63, 3.8) is 0 Å². The molecule has 1 N–H and O–H groups in total. The first-order chi connectivity index (χ1) is 12.6. The van der Waals surface area contributed by atoms with Crippen molar-refractivity contribution in [2.45, 2.75) is 6.92 Å². The van der Waals surface area contributed by atoms with E-state index in [1.807, 2.05) is 4.90 Å². The van der Waals surface area contributed by atoms with Crippen molar-refractivity contribution in [1.82, 2.24) is 14.9 Å². The number of rotatable bonds is 4. The zero-order chi connectivity index (χ0) is 18.5. The third kappa shape index (κ3) is 4.16. The number of nitrogens with zero attached hydrogens (tertiary/aromatic N) is 4. The number of carbonyl (C=O) groups excluding carboxylic acids is 1. The molecule has 1 fully saturated rings. The molecule has 0 bridgehead atoms. The van der Waals surface area contributed by atoms with Crippen LogP contribution in [0.2, 0.25) is 0 Å². The maximum Gasteiger partial charge on any atom is 0.409 e. The predicted octanol–water partition coefficient (Wildman–Crippen LogP) is 2.78. The third-order valence-electron chi connectivity index (χ3n) is 3.92. The van der Waals surface area contributed by atoms with Gasteiger partial charge < -0.3 is 19.9 Å². The van der Waals surface area contributed by atoms with Gasteiger partial charge in [0.15, 0.2) is 11.6 Å². The van der Waals surface area contributed by atoms with Crippen LogP contribution in [0.15, 0.2) is 30.5 Å². The van der Waals surface area contributed by atoms with E-state index in [-0.39, 0.29) is 6.09 Å². The lowest BCUT2D eigenvalue weighted by molar-refractivity contribution is 0.105. The molecule has 0 radical (unpaired) electrons. The monoisotopic (exact) mass is 363 g/mol. The second kappa shape index (κ2) is 7.94. The molecule has 1 amide bonds. The molecule has 26 heavy (non-hydrogen) atoms. The molecule has 9 heteroatoms. The Hall–Kier alpha value is -2.97. The molecule has 3 rings (SSSR count). The highest BCUT2D eigenvalue weighted by atomic mass is 19.2. The Bertz CT molecular complexity index is 781. The van der Waals surface area contributed by atoms with E-state index in [4.69, 9.17) is 4.74 Å². The molecule has 2 aromatic rings. The zero-order valence-electron chi connectivity index (χ0n) is 14.3. The number of halogens is 2. The molecule has 138 valence electrons. The van der Waals surface area contributed by atoms with Crippen LogP contribution in [0.5, 0.6) is 0 Å². The lowest BCUT2D eigenvalue weighted by Gasteiger charge is -2.34. The van der Waals surface area contributed by atoms with Gasteiger partial charge in [0.1, 0.15) is 5.82 Å². The van der Waals surface area contributed by atoms with Gasteiger partial charge in [-0.3, -0.25) is 0 Å². The summed E-state index contributed by atoms with van der Waals surface area (Å²) in [5.41, 5.74) is 0.390. The van der Waals surface area contributed by atoms with Gasteiger partial charge in [0.25, 0.3) is 0 Å². The minimum absolute atomic E-state index is 0.318. The van der Waals surface area contributed by atoms with E-state index < -0.39 is 11.6 Å². The summed E-state index contributed by atoms with van der Waals surface area (Å²) in [5.74, 6) is -0.868. The van der Waals surface area contributed by atoms with E-state index in [1.165, 1.54) is 6.07 Å². The molecule has 1 aliphatic rings. The number of hydrogen-bond donors (Lipinski definition) is 1. The van der Waals surface area contributed by atoms with Crippen LogP contribution in [0.4, 0.5) is 31.0 Å². The molecule has 0 spiro atoms. The molecule has 0 unspecified atom stereocenters. The summed E-state index contributed by atoms with van der Waals surface area (Å²) in [7, 11) is 0. The minimum atomic E-state index is -0.931. The largest absolute Gasteiger partial charge is 0.450 e. The fraction of sp³-hybridized carbons (Fsp3) is 0.353. The van der Waals surface area contributed by atoms with Gasteiger partial charge in [0.05, 0.1) is 6.61 Å². The van der Waals surface area contributed by atoms with Gasteiger partial charge in [-0.2, -0.15) is 4.98 Å². The number of carbonyl (C=O) groups is 1. The maximum atomic E-state index is 13.3. The number of nitrogens with one attached hydrogen (secondary N) is 1. The van der Waals surface area contributed by atoms with Crippen molar-refractivity contribution in [2.24, 2.45) is 0 Å². The van der Waals surface area contributed by atoms with Crippen molar-refractivity contribution >= 4 is 23.5 Å². The SMILES string of the molecule is CCOC(=O)N1CCN(c2nccc(Nc3ccc(F)c(F)c3)n2)CC1. The van der Waals surface area contributed by atoms with Gasteiger partial charge in [0.2, 0.25) is 5.95 Å². The van der Waals surface area contributed by atoms with E-state index in [9.17, 15) is 13.6 Å². The lowest BCUT2D eigenvalue weighted by atomic mass is 10.3. The average Bonchev–Trinajstić information content (AvgIpc) is 2.65. The molecular weight excluding hydrogens is 344 g/mol. The van der Waals surface area contributed by atoms with Crippen molar-refractivity contribution in [3.8, 4) is 0 Å². The Morgan fingerprint density at radius 1 is 1.19 bits per heavy atom. The smallest absolute Gasteiger partial charge is 0.409 e. The number of anilines is 3. The summed E-state index contributed by atoms with van der Waals surface area (Å²) < 4.78 is 31.3. The second-order valence-electron chi connectivity index (χ2n) is 5.67. The maximum absolute atomic E-state index is 13.3. The Morgan fingerprint density at radius 3 is 2.65 bits per heavy atom. The van der Waals surface area contributed by atoms with Crippen molar-refractivity contribution < 1.29 is 18.3 Å². The van der Waals surface area contributed by atoms with Crippen LogP contribution in [0.25, 0.3) is 0 Å². The molecule has 0 aliphatic carbocycles. The van der Waals surface area contributed by atoms with E-state index in [2.05, 4.69) is 15.3 Å². The van der Waals surface area contributed by atoms with Gasteiger partial charge in [-0.05, 0) is 25.1 Å². The zero-order valence-corrected chi connectivity index (χ0v) is 14.3. The second-order valence-corrected chi connectivity index (χ2v) is 5.67. The predicted molar refractivity (Wildman–Crippen MR) is 92.5 cm³/mol. The summed E-state index contributed by atoms with van der Waals surface area (Å²) in [6, 6.07) is 5.18. The molecule has 2 heterocycles. The fourth-order valence-corrected chi connectivity index (χ4v) is 2.60. The Morgan fingerprint density at radius 2 is 1.96 bits per heavy atom. The van der Waals surface area contributed by atoms with Crippen LogP contribution in [-0.4, -0.2) is 53.7 Å². The highest BCUT2D eigenvalue weighted by molar-refractivity contribution is 5.68. The molecule has 7 nitrogen and oxygen atoms in total. The number of aromatic nitrogens is 2. The fourth-order valence-electron chi connectivity index (χ4n) is 2.60. The normalized spacial score (nSPS) is 14.3. The van der Waals surface area contributed by atoms with Crippen molar-refractivity contribution in [1.29, 1.82) is 0 Å². The topological polar surface area (TPSA) is 70.6 Å². The van der Waals surface area contributed by atoms with Gasteiger partial charge in [-0.15, -0.1) is 0 Å². The number of hydrogen-bond acceptors (Lipinski definition) is 6. The van der Waals surface area contributed by atoms with E-state index >= 15 is 0 Å². The Kier molecular flexibility index (Phi) is 5.45. The van der Waals surface area contributed by atoms with Gasteiger partial charge in [-0.25, -0.2) is 18.6 Å². The first kappa shape index (κ1) is 17.8. The average molecular weight is 363 g/mol. The first-order valence-corrected chi connectivity index (χ1v) is 8.28. The standard InChI is InChI=1S/C17H19F2N5O2/c1-2-26-17(25)24-9-7-23(8-10-24)16-20-6-5-15(22-16)21-12-3-4-13(18)14(19)11-12/h3-6,11H,2,7-10H2,1H3,(H,20,21,22). The van der Waals surface area contributed by atoms with E-state index in [0.29, 0.717) is 50.2 Å². The Labute approximate surface area is 149 Å². The molecular formula is C17H19F2N5O2. The number of piperazine rings is 1. The first-order valence-electron chi connectivity index (χ1n) is 8.28. The molecule has 1 aromatic heterocycles. The molecule has 1 aromatic carbocycles. The van der Waals surface area contributed by atoms with Crippen LogP contribution < -0.4 is 10.2 Å². The summed E-state index contributed by atoms with van der Waals surface area (Å²) in [6.07, 6.45) is 1.27. The molecule has 1 saturated heterocycles. The highest BCUT2D eigenvalue weighted by Crippen LogP contribution is 2.19. The van der Waals surface area contributed by atoms with Gasteiger partial charge in [-0.1, -0.05) is 0 Å². The Balaban J connectivity index is 1.64. The van der Waals surface area contributed by atoms with Crippen LogP contribution in [-0.2, 0) is 4.74 Å². The molecule has 1 aliphatic heterocycles. The van der Waals surface area contributed by atoms with Crippen LogP contribution in [0.3, 0.4) is 0 Å². The number of benzene rings is 1. The van der Waals surface area contributed by atoms with Crippen LogP contribution in [0, 0.1) is 11.6 Å². The van der Waals surface area contributed by atoms with Crippen molar-refractivity contribution in [2.75, 3.05) is 43.0 Å². The number of ether oxygens (including phenoxy) is 1. The highest BCUT2D eigenvalue weighted by Gasteiger charge is 2.23. The van der Waals surface area contributed by atoms with Crippen molar-refractivity contribution in [3.05, 3.63) is 42.1 Å². The third-order valence-corrected chi connectivity index (χ3v) is 3.92. The van der Waals surface area contributed by atoms with Crippen LogP contribution >= 0.6 is 0 Å². The van der Waals surface area contributed by atoms with Crippen LogP contribution in [0.1, 0.15) is 6.92 Å². The number of amides is 1. The summed E-state index contributed by atoms with van der Waals surface area (Å²) >= 11 is 0. The molecule has 0 atom stereocenters. The van der Waals surface area contributed by atoms with Gasteiger partial charge in [0, 0.05) is 44.1 Å². The lowest BCUT2D eigenvalue weighted by Crippen LogP contribution is -2.49. The summed E-state index contributed by atoms with van der Waals surface area (Å²) in [5, 5.41) is 2.93. The minimum Gasteiger partial charge on any atom is -0.450 e. The van der Waals surface area contributed by atoms with Gasteiger partial charge >= 0.3 is 6.09 Å². The van der Waals surface area contributed by atoms with E-state index in [1.54, 1.807) is 24.1 Å². The summed E-state index contributed by atoms with van der Waals surface area (Å²) in [6.45, 7) is 4.31. The quantitative estimate of drug-likeness (QED) is 0.901. The van der Waals surface area contributed by atoms with E-state index in [0.717, 1.165) is 12.1 Å². The molecule has 0 saturated carbocycles. The summed E-state index contributed by atoms with van der Waals surface area (Å²) in [4.78, 5) is 24.0.